The van der Waals surface area contributed by atoms with E-state index in [1.165, 1.54) is 212 Å². The molecule has 98 heavy (non-hydrogen) atoms. The summed E-state index contributed by atoms with van der Waals surface area (Å²) < 4.78 is 68.5. The van der Waals surface area contributed by atoms with Gasteiger partial charge in [0, 0.05) is 25.7 Å². The van der Waals surface area contributed by atoms with Crippen molar-refractivity contribution >= 4 is 39.5 Å². The van der Waals surface area contributed by atoms with Gasteiger partial charge in [0.1, 0.15) is 19.3 Å². The molecule has 0 aromatic carbocycles. The molecule has 582 valence electrons. The number of esters is 4. The van der Waals surface area contributed by atoms with Crippen molar-refractivity contribution in [1.82, 2.24) is 0 Å². The van der Waals surface area contributed by atoms with Gasteiger partial charge < -0.3 is 33.8 Å². The van der Waals surface area contributed by atoms with E-state index in [-0.39, 0.29) is 25.7 Å². The van der Waals surface area contributed by atoms with Crippen LogP contribution in [0, 0.1) is 17.8 Å². The van der Waals surface area contributed by atoms with Crippen molar-refractivity contribution in [3.05, 3.63) is 0 Å². The second-order valence-corrected chi connectivity index (χ2v) is 32.8. The lowest BCUT2D eigenvalue weighted by molar-refractivity contribution is -0.161. The fraction of sp³-hybridized carbons (Fsp3) is 0.949. The highest BCUT2D eigenvalue weighted by atomic mass is 31.2. The first-order chi connectivity index (χ1) is 47.2. The van der Waals surface area contributed by atoms with Crippen LogP contribution < -0.4 is 0 Å². The van der Waals surface area contributed by atoms with Crippen LogP contribution in [-0.4, -0.2) is 96.7 Å². The number of carbonyl (C=O) groups excluding carboxylic acids is 4. The molecule has 0 fully saturated rings. The van der Waals surface area contributed by atoms with E-state index in [1.807, 2.05) is 0 Å². The highest BCUT2D eigenvalue weighted by Crippen LogP contribution is 2.45. The number of aliphatic hydroxyl groups excluding tert-OH is 1. The van der Waals surface area contributed by atoms with Crippen molar-refractivity contribution in [3.8, 4) is 0 Å². The summed E-state index contributed by atoms with van der Waals surface area (Å²) in [6, 6.07) is 0. The molecule has 3 N–H and O–H groups in total. The van der Waals surface area contributed by atoms with Gasteiger partial charge >= 0.3 is 39.5 Å². The molecule has 5 atom stereocenters. The summed E-state index contributed by atoms with van der Waals surface area (Å²) in [4.78, 5) is 72.8. The molecule has 17 nitrogen and oxygen atoms in total. The molecule has 0 aliphatic rings. The van der Waals surface area contributed by atoms with Crippen molar-refractivity contribution in [2.75, 3.05) is 39.6 Å². The number of ether oxygens (including phenoxy) is 4. The molecule has 19 heteroatoms. The van der Waals surface area contributed by atoms with Gasteiger partial charge in [0.05, 0.1) is 26.4 Å². The Kier molecular flexibility index (Phi) is 68.1. The van der Waals surface area contributed by atoms with Crippen LogP contribution in [0.1, 0.15) is 408 Å². The van der Waals surface area contributed by atoms with Crippen molar-refractivity contribution < 1.29 is 80.2 Å². The third-order valence-electron chi connectivity index (χ3n) is 18.4. The second-order valence-electron chi connectivity index (χ2n) is 29.9. The minimum Gasteiger partial charge on any atom is -0.462 e. The van der Waals surface area contributed by atoms with E-state index in [9.17, 15) is 43.2 Å². The van der Waals surface area contributed by atoms with Crippen LogP contribution in [0.5, 0.6) is 0 Å². The molecule has 0 aliphatic heterocycles. The highest BCUT2D eigenvalue weighted by Gasteiger charge is 2.30. The van der Waals surface area contributed by atoms with Crippen LogP contribution in [0.25, 0.3) is 0 Å². The Morgan fingerprint density at radius 2 is 0.469 bits per heavy atom. The van der Waals surface area contributed by atoms with Crippen LogP contribution in [0.2, 0.25) is 0 Å². The first-order valence-electron chi connectivity index (χ1n) is 40.8. The monoisotopic (exact) mass is 1440 g/mol. The molecule has 0 amide bonds. The highest BCUT2D eigenvalue weighted by molar-refractivity contribution is 7.47. The SMILES string of the molecule is CCCCCCCCCCCCC(=O)O[C@H](COC(=O)CCCCCCCCC(C)C)COP(=O)(O)OC[C@H](O)COP(=O)(O)OC[C@@H](COC(=O)CCCCCCCCCCCCCCCCCC(C)C)OC(=O)CCCCCCCCCCCCCCCCCCCCC(C)C. The number of unbranched alkanes of at least 4 members (excludes halogenated alkanes) is 45. The van der Waals surface area contributed by atoms with Crippen LogP contribution in [0.4, 0.5) is 0 Å². The summed E-state index contributed by atoms with van der Waals surface area (Å²) in [5.41, 5.74) is 0. The second kappa shape index (κ2) is 69.4. The first-order valence-corrected chi connectivity index (χ1v) is 43.8. The molecular formula is C79H154O17P2. The Labute approximate surface area is 600 Å². The van der Waals surface area contributed by atoms with Crippen molar-refractivity contribution in [1.29, 1.82) is 0 Å². The van der Waals surface area contributed by atoms with Gasteiger partial charge in [0.15, 0.2) is 12.2 Å². The minimum absolute atomic E-state index is 0.105. The van der Waals surface area contributed by atoms with E-state index < -0.39 is 97.5 Å². The largest absolute Gasteiger partial charge is 0.472 e. The average molecular weight is 1440 g/mol. The normalized spacial score (nSPS) is 14.0. The van der Waals surface area contributed by atoms with E-state index in [0.717, 1.165) is 108 Å². The number of phosphoric ester groups is 2. The topological polar surface area (TPSA) is 237 Å². The van der Waals surface area contributed by atoms with E-state index in [1.54, 1.807) is 0 Å². The molecule has 0 saturated heterocycles. The van der Waals surface area contributed by atoms with Gasteiger partial charge in [0.25, 0.3) is 0 Å². The standard InChI is InChI=1S/C79H154O17P2/c1-8-9-10-11-12-13-33-39-48-55-62-78(83)96-75(67-90-77(82)61-54-47-42-41-45-52-59-72(6)7)69-94-98(87,88)92-65-73(80)64-91-97(85,86)93-68-74(66-89-76(81)60-53-46-38-34-29-25-22-18-20-24-28-32-37-44-51-58-71(4)5)95-79(84)63-56-49-40-35-30-26-21-17-15-14-16-19-23-27-31-36-43-50-57-70(2)3/h70-75,80H,8-69H2,1-7H3,(H,85,86)(H,87,88)/t73-,74-,75-/m1/s1. The zero-order valence-electron chi connectivity index (χ0n) is 64.3. The fourth-order valence-electron chi connectivity index (χ4n) is 12.1. The Balaban J connectivity index is 5.18. The maximum absolute atomic E-state index is 13.1. The summed E-state index contributed by atoms with van der Waals surface area (Å²) in [6.07, 6.45) is 57.2. The molecular weight excluding hydrogens is 1280 g/mol. The molecule has 0 aliphatic carbocycles. The summed E-state index contributed by atoms with van der Waals surface area (Å²) >= 11 is 0. The zero-order chi connectivity index (χ0) is 72.3. The molecule has 0 bridgehead atoms. The lowest BCUT2D eigenvalue weighted by atomic mass is 10.0. The van der Waals surface area contributed by atoms with Gasteiger partial charge in [-0.15, -0.1) is 0 Å². The number of aliphatic hydroxyl groups is 1. The van der Waals surface area contributed by atoms with Gasteiger partial charge in [-0.05, 0) is 43.4 Å². The average Bonchev–Trinajstić information content (AvgIpc) is 0.940. The van der Waals surface area contributed by atoms with E-state index in [0.29, 0.717) is 31.6 Å². The minimum atomic E-state index is -4.96. The Hall–Kier alpha value is -1.94. The van der Waals surface area contributed by atoms with E-state index in [4.69, 9.17) is 37.0 Å². The van der Waals surface area contributed by atoms with Crippen LogP contribution in [0.15, 0.2) is 0 Å². The van der Waals surface area contributed by atoms with E-state index >= 15 is 0 Å². The third kappa shape index (κ3) is 72.4. The zero-order valence-corrected chi connectivity index (χ0v) is 66.0. The lowest BCUT2D eigenvalue weighted by Gasteiger charge is -2.21. The van der Waals surface area contributed by atoms with Crippen LogP contribution in [-0.2, 0) is 65.4 Å². The van der Waals surface area contributed by atoms with Crippen molar-refractivity contribution in [2.45, 2.75) is 426 Å². The summed E-state index contributed by atoms with van der Waals surface area (Å²) in [7, 11) is -9.91. The van der Waals surface area contributed by atoms with Gasteiger partial charge in [-0.2, -0.15) is 0 Å². The Bertz CT molecular complexity index is 1900. The summed E-state index contributed by atoms with van der Waals surface area (Å²) in [5.74, 6) is 0.190. The number of hydrogen-bond donors (Lipinski definition) is 3. The lowest BCUT2D eigenvalue weighted by Crippen LogP contribution is -2.30. The summed E-state index contributed by atoms with van der Waals surface area (Å²) in [6.45, 7) is 11.9. The van der Waals surface area contributed by atoms with Crippen molar-refractivity contribution in [3.63, 3.8) is 0 Å². The number of phosphoric acid groups is 2. The maximum atomic E-state index is 13.1. The fourth-order valence-corrected chi connectivity index (χ4v) is 13.7. The van der Waals surface area contributed by atoms with Crippen LogP contribution in [0.3, 0.4) is 0 Å². The van der Waals surface area contributed by atoms with Gasteiger partial charge in [-0.3, -0.25) is 37.3 Å². The molecule has 0 spiro atoms. The number of hydrogen-bond acceptors (Lipinski definition) is 15. The molecule has 0 rings (SSSR count). The first kappa shape index (κ1) is 96.1. The quantitative estimate of drug-likeness (QED) is 0.0222. The van der Waals surface area contributed by atoms with Gasteiger partial charge in [-0.25, -0.2) is 9.13 Å². The maximum Gasteiger partial charge on any atom is 0.472 e. The smallest absolute Gasteiger partial charge is 0.462 e. The number of carbonyl (C=O) groups is 4. The third-order valence-corrected chi connectivity index (χ3v) is 20.3. The Morgan fingerprint density at radius 1 is 0.276 bits per heavy atom. The predicted octanol–water partition coefficient (Wildman–Crippen LogP) is 23.4. The van der Waals surface area contributed by atoms with E-state index in [2.05, 4.69) is 48.5 Å². The molecule has 2 unspecified atom stereocenters. The van der Waals surface area contributed by atoms with Gasteiger partial charge in [-0.1, -0.05) is 357 Å². The molecule has 0 saturated carbocycles. The predicted molar refractivity (Wildman–Crippen MR) is 400 cm³/mol. The van der Waals surface area contributed by atoms with Gasteiger partial charge in [0.2, 0.25) is 0 Å². The summed E-state index contributed by atoms with van der Waals surface area (Å²) in [5, 5.41) is 10.6. The number of rotatable bonds is 77. The van der Waals surface area contributed by atoms with Crippen LogP contribution >= 0.6 is 15.6 Å². The molecule has 0 radical (unpaired) electrons. The Morgan fingerprint density at radius 3 is 0.694 bits per heavy atom. The molecule has 0 heterocycles. The molecule has 0 aromatic rings. The van der Waals surface area contributed by atoms with Crippen molar-refractivity contribution in [2.24, 2.45) is 17.8 Å². The molecule has 0 aromatic heterocycles.